The van der Waals surface area contributed by atoms with E-state index in [4.69, 9.17) is 0 Å². The summed E-state index contributed by atoms with van der Waals surface area (Å²) in [5.74, 6) is -0.631. The van der Waals surface area contributed by atoms with Gasteiger partial charge in [-0.05, 0) is 23.3 Å². The number of carbonyl (C=O) groups excluding carboxylic acids is 2. The van der Waals surface area contributed by atoms with Crippen LogP contribution in [0.1, 0.15) is 17.5 Å². The Balaban J connectivity index is 1.63. The number of halogens is 1. The van der Waals surface area contributed by atoms with Gasteiger partial charge in [0.15, 0.2) is 0 Å². The molecule has 0 aliphatic rings. The van der Waals surface area contributed by atoms with Crippen molar-refractivity contribution in [1.29, 1.82) is 0 Å². The number of hydrogen-bond donors (Lipinski definition) is 2. The molecule has 0 radical (unpaired) electrons. The molecule has 5 heteroatoms. The fraction of sp³-hybridized carbons (Fsp3) is 0.222. The number of carbonyl (C=O) groups is 2. The predicted molar refractivity (Wildman–Crippen MR) is 86.0 cm³/mol. The van der Waals surface area contributed by atoms with Crippen molar-refractivity contribution in [2.24, 2.45) is 0 Å². The Labute approximate surface area is 134 Å². The number of benzene rings is 2. The lowest BCUT2D eigenvalue weighted by Gasteiger charge is -2.07. The summed E-state index contributed by atoms with van der Waals surface area (Å²) in [6.45, 7) is 0.551. The molecule has 0 aliphatic heterocycles. The van der Waals surface area contributed by atoms with E-state index >= 15 is 0 Å². The molecular formula is C18H19FN2O2. The summed E-state index contributed by atoms with van der Waals surface area (Å²) >= 11 is 0. The van der Waals surface area contributed by atoms with E-state index < -0.39 is 0 Å². The molecule has 2 rings (SSSR count). The maximum absolute atomic E-state index is 13.0. The molecule has 0 saturated heterocycles. The summed E-state index contributed by atoms with van der Waals surface area (Å²) in [5.41, 5.74) is 1.63. The lowest BCUT2D eigenvalue weighted by Crippen LogP contribution is -2.31. The minimum absolute atomic E-state index is 0.117. The monoisotopic (exact) mass is 314 g/mol. The fourth-order valence-corrected chi connectivity index (χ4v) is 2.10. The molecule has 0 unspecified atom stereocenters. The van der Waals surface area contributed by atoms with Gasteiger partial charge in [0, 0.05) is 19.5 Å². The van der Waals surface area contributed by atoms with E-state index in [9.17, 15) is 14.0 Å². The van der Waals surface area contributed by atoms with Crippen LogP contribution >= 0.6 is 0 Å². The van der Waals surface area contributed by atoms with Gasteiger partial charge in [-0.3, -0.25) is 9.59 Å². The van der Waals surface area contributed by atoms with Gasteiger partial charge in [-0.15, -0.1) is 0 Å². The molecule has 0 atom stereocenters. The van der Waals surface area contributed by atoms with E-state index in [1.807, 2.05) is 30.3 Å². The first-order valence-corrected chi connectivity index (χ1v) is 7.45. The van der Waals surface area contributed by atoms with Crippen LogP contribution in [0.15, 0.2) is 54.6 Å². The van der Waals surface area contributed by atoms with Crippen LogP contribution in [-0.2, 0) is 22.6 Å². The van der Waals surface area contributed by atoms with E-state index in [0.717, 1.165) is 5.56 Å². The Bertz CT molecular complexity index is 659. The van der Waals surface area contributed by atoms with Gasteiger partial charge in [0.1, 0.15) is 5.82 Å². The topological polar surface area (TPSA) is 58.2 Å². The molecule has 23 heavy (non-hydrogen) atoms. The Hall–Kier alpha value is -2.69. The molecule has 0 saturated carbocycles. The zero-order chi connectivity index (χ0) is 16.5. The number of hydrogen-bond acceptors (Lipinski definition) is 2. The third-order valence-corrected chi connectivity index (χ3v) is 3.26. The van der Waals surface area contributed by atoms with E-state index in [2.05, 4.69) is 10.6 Å². The molecule has 0 fully saturated rings. The Morgan fingerprint density at radius 2 is 1.61 bits per heavy atom. The van der Waals surface area contributed by atoms with Crippen molar-refractivity contribution in [3.63, 3.8) is 0 Å². The first-order valence-electron chi connectivity index (χ1n) is 7.45. The highest BCUT2D eigenvalue weighted by Crippen LogP contribution is 2.03. The van der Waals surface area contributed by atoms with Crippen molar-refractivity contribution in [1.82, 2.24) is 10.6 Å². The van der Waals surface area contributed by atoms with Crippen LogP contribution in [0.4, 0.5) is 4.39 Å². The second kappa shape index (κ2) is 8.68. The molecule has 4 nitrogen and oxygen atoms in total. The van der Waals surface area contributed by atoms with E-state index in [-0.39, 0.29) is 37.1 Å². The molecule has 0 aromatic heterocycles. The lowest BCUT2D eigenvalue weighted by molar-refractivity contribution is -0.122. The molecular weight excluding hydrogens is 295 g/mol. The van der Waals surface area contributed by atoms with Crippen LogP contribution in [0.25, 0.3) is 0 Å². The molecule has 2 amide bonds. The maximum Gasteiger partial charge on any atom is 0.224 e. The van der Waals surface area contributed by atoms with Crippen LogP contribution in [0, 0.1) is 5.82 Å². The maximum atomic E-state index is 13.0. The number of nitrogens with one attached hydrogen (secondary N) is 2. The average Bonchev–Trinajstić information content (AvgIpc) is 2.54. The van der Waals surface area contributed by atoms with Gasteiger partial charge in [-0.2, -0.15) is 0 Å². The highest BCUT2D eigenvalue weighted by molar-refractivity contribution is 5.80. The fourth-order valence-electron chi connectivity index (χ4n) is 2.10. The third-order valence-electron chi connectivity index (χ3n) is 3.26. The van der Waals surface area contributed by atoms with Crippen molar-refractivity contribution in [2.45, 2.75) is 19.4 Å². The molecule has 0 spiro atoms. The molecule has 2 N–H and O–H groups in total. The molecule has 0 heterocycles. The third kappa shape index (κ3) is 6.30. The Morgan fingerprint density at radius 3 is 2.35 bits per heavy atom. The second-order valence-corrected chi connectivity index (χ2v) is 5.17. The Morgan fingerprint density at radius 1 is 0.870 bits per heavy atom. The standard InChI is InChI=1S/C18H19FN2O2/c19-16-8-4-7-15(11-16)13-21-17(22)9-10-20-18(23)12-14-5-2-1-3-6-14/h1-8,11H,9-10,12-13H2,(H,20,23)(H,21,22). The summed E-state index contributed by atoms with van der Waals surface area (Å²) < 4.78 is 13.0. The molecule has 120 valence electrons. The highest BCUT2D eigenvalue weighted by atomic mass is 19.1. The van der Waals surface area contributed by atoms with Crippen LogP contribution < -0.4 is 10.6 Å². The smallest absolute Gasteiger partial charge is 0.224 e. The predicted octanol–water partition coefficient (Wildman–Crippen LogP) is 2.19. The lowest BCUT2D eigenvalue weighted by atomic mass is 10.1. The van der Waals surface area contributed by atoms with Crippen molar-refractivity contribution in [2.75, 3.05) is 6.54 Å². The van der Waals surface area contributed by atoms with Gasteiger partial charge in [0.25, 0.3) is 0 Å². The summed E-state index contributed by atoms with van der Waals surface area (Å²) in [7, 11) is 0. The molecule has 2 aromatic carbocycles. The van der Waals surface area contributed by atoms with Crippen molar-refractivity contribution in [3.8, 4) is 0 Å². The van der Waals surface area contributed by atoms with Crippen molar-refractivity contribution < 1.29 is 14.0 Å². The van der Waals surface area contributed by atoms with Crippen molar-refractivity contribution >= 4 is 11.8 Å². The van der Waals surface area contributed by atoms with Crippen molar-refractivity contribution in [3.05, 3.63) is 71.5 Å². The van der Waals surface area contributed by atoms with Gasteiger partial charge >= 0.3 is 0 Å². The van der Waals surface area contributed by atoms with Gasteiger partial charge in [0.05, 0.1) is 6.42 Å². The normalized spacial score (nSPS) is 10.1. The van der Waals surface area contributed by atoms with E-state index in [0.29, 0.717) is 12.0 Å². The summed E-state index contributed by atoms with van der Waals surface area (Å²) in [6.07, 6.45) is 0.488. The second-order valence-electron chi connectivity index (χ2n) is 5.17. The van der Waals surface area contributed by atoms with Crippen LogP contribution in [-0.4, -0.2) is 18.4 Å². The number of amides is 2. The van der Waals surface area contributed by atoms with Crippen LogP contribution in [0.5, 0.6) is 0 Å². The summed E-state index contributed by atoms with van der Waals surface area (Å²) in [5, 5.41) is 5.40. The molecule has 2 aromatic rings. The van der Waals surface area contributed by atoms with E-state index in [1.165, 1.54) is 12.1 Å². The number of rotatable bonds is 7. The molecule has 0 bridgehead atoms. The zero-order valence-corrected chi connectivity index (χ0v) is 12.7. The van der Waals surface area contributed by atoms with Gasteiger partial charge in [-0.1, -0.05) is 42.5 Å². The largest absolute Gasteiger partial charge is 0.355 e. The average molecular weight is 314 g/mol. The van der Waals surface area contributed by atoms with Crippen LogP contribution in [0.3, 0.4) is 0 Å². The van der Waals surface area contributed by atoms with Gasteiger partial charge in [0.2, 0.25) is 11.8 Å². The zero-order valence-electron chi connectivity index (χ0n) is 12.7. The minimum Gasteiger partial charge on any atom is -0.355 e. The highest BCUT2D eigenvalue weighted by Gasteiger charge is 2.05. The SMILES string of the molecule is O=C(CCNC(=O)Cc1ccccc1)NCc1cccc(F)c1. The van der Waals surface area contributed by atoms with E-state index in [1.54, 1.807) is 12.1 Å². The summed E-state index contributed by atoms with van der Waals surface area (Å²) in [6, 6.07) is 15.5. The van der Waals surface area contributed by atoms with Gasteiger partial charge < -0.3 is 10.6 Å². The quantitative estimate of drug-likeness (QED) is 0.823. The van der Waals surface area contributed by atoms with Gasteiger partial charge in [-0.25, -0.2) is 4.39 Å². The first kappa shape index (κ1) is 16.7. The molecule has 0 aliphatic carbocycles. The van der Waals surface area contributed by atoms with Crippen LogP contribution in [0.2, 0.25) is 0 Å². The first-order chi connectivity index (χ1) is 11.1. The minimum atomic E-state index is -0.329. The Kier molecular flexibility index (Phi) is 6.29. The summed E-state index contributed by atoms with van der Waals surface area (Å²) in [4.78, 5) is 23.4.